The molecule has 1 rings (SSSR count). The fraction of sp³-hybridized carbons (Fsp3) is 0.333. The molecule has 0 radical (unpaired) electrons. The summed E-state index contributed by atoms with van der Waals surface area (Å²) in [7, 11) is 1.78. The van der Waals surface area contributed by atoms with Crippen LogP contribution in [0.4, 0.5) is 13.2 Å². The highest BCUT2D eigenvalue weighted by molar-refractivity contribution is 5.28. The van der Waals surface area contributed by atoms with E-state index in [0.29, 0.717) is 18.5 Å². The summed E-state index contributed by atoms with van der Waals surface area (Å²) >= 11 is 0. The molecule has 0 spiro atoms. The van der Waals surface area contributed by atoms with Crippen molar-refractivity contribution >= 4 is 0 Å². The third-order valence-electron chi connectivity index (χ3n) is 2.14. The molecule has 1 nitrogen and oxygen atoms in total. The van der Waals surface area contributed by atoms with Gasteiger partial charge in [-0.05, 0) is 25.1 Å². The zero-order valence-electron chi connectivity index (χ0n) is 9.06. The predicted octanol–water partition coefficient (Wildman–Crippen LogP) is 3.02. The van der Waals surface area contributed by atoms with E-state index in [1.807, 2.05) is 0 Å². The number of nitrogens with one attached hydrogen (secondary N) is 1. The first kappa shape index (κ1) is 12.8. The average molecular weight is 229 g/mol. The molecular formula is C12H14F3N. The van der Waals surface area contributed by atoms with Crippen molar-refractivity contribution in [3.8, 4) is 0 Å². The Balaban J connectivity index is 2.79. The maximum absolute atomic E-state index is 12.4. The lowest BCUT2D eigenvalue weighted by atomic mass is 10.0. The molecule has 0 atom stereocenters. The van der Waals surface area contributed by atoms with E-state index in [0.717, 1.165) is 11.6 Å². The van der Waals surface area contributed by atoms with Crippen LogP contribution in [0.2, 0.25) is 0 Å². The highest BCUT2D eigenvalue weighted by Gasteiger charge is 2.30. The van der Waals surface area contributed by atoms with Gasteiger partial charge in [0, 0.05) is 6.54 Å². The Bertz CT molecular complexity index is 369. The van der Waals surface area contributed by atoms with Gasteiger partial charge in [-0.25, -0.2) is 0 Å². The van der Waals surface area contributed by atoms with Gasteiger partial charge >= 0.3 is 6.18 Å². The molecule has 1 aromatic rings. The quantitative estimate of drug-likeness (QED) is 0.782. The van der Waals surface area contributed by atoms with Gasteiger partial charge in [0.2, 0.25) is 0 Å². The molecule has 0 aliphatic heterocycles. The van der Waals surface area contributed by atoms with Crippen LogP contribution in [0.5, 0.6) is 0 Å². The minimum Gasteiger partial charge on any atom is -0.316 e. The summed E-state index contributed by atoms with van der Waals surface area (Å²) in [6, 6.07) is 5.34. The summed E-state index contributed by atoms with van der Waals surface area (Å²) in [6.45, 7) is 4.40. The molecular weight excluding hydrogens is 215 g/mol. The summed E-state index contributed by atoms with van der Waals surface area (Å²) in [5.41, 5.74) is 0.888. The van der Waals surface area contributed by atoms with Crippen molar-refractivity contribution in [1.82, 2.24) is 5.32 Å². The first-order valence-electron chi connectivity index (χ1n) is 4.91. The highest BCUT2D eigenvalue weighted by Crippen LogP contribution is 2.29. The second-order valence-electron chi connectivity index (χ2n) is 3.66. The summed E-state index contributed by atoms with van der Waals surface area (Å²) in [4.78, 5) is 0. The van der Waals surface area contributed by atoms with E-state index >= 15 is 0 Å². The van der Waals surface area contributed by atoms with Crippen LogP contribution >= 0.6 is 0 Å². The Morgan fingerprint density at radius 2 is 2.06 bits per heavy atom. The number of hydrogen-bond acceptors (Lipinski definition) is 1. The Hall–Kier alpha value is -1.29. The Morgan fingerprint density at radius 3 is 2.62 bits per heavy atom. The second kappa shape index (κ2) is 5.16. The van der Waals surface area contributed by atoms with Gasteiger partial charge in [-0.3, -0.25) is 0 Å². The number of likely N-dealkylation sites (N-methyl/N-ethyl adjacent to an activating group) is 1. The van der Waals surface area contributed by atoms with Crippen molar-refractivity contribution in [2.45, 2.75) is 12.6 Å². The number of benzene rings is 1. The summed E-state index contributed by atoms with van der Waals surface area (Å²) < 4.78 is 37.3. The molecule has 0 aliphatic rings. The SMILES string of the molecule is C=C(CNC)Cc1cccc(C(F)(F)F)c1. The third-order valence-corrected chi connectivity index (χ3v) is 2.14. The number of alkyl halides is 3. The number of halogens is 3. The first-order chi connectivity index (χ1) is 7.43. The number of rotatable bonds is 4. The van der Waals surface area contributed by atoms with Crippen LogP contribution in [-0.2, 0) is 12.6 Å². The summed E-state index contributed by atoms with van der Waals surface area (Å²) in [5, 5.41) is 2.91. The van der Waals surface area contributed by atoms with Gasteiger partial charge in [0.25, 0.3) is 0 Å². The molecule has 0 fully saturated rings. The van der Waals surface area contributed by atoms with Gasteiger partial charge in [-0.2, -0.15) is 13.2 Å². The van der Waals surface area contributed by atoms with E-state index in [1.165, 1.54) is 12.1 Å². The van der Waals surface area contributed by atoms with Crippen LogP contribution in [0.15, 0.2) is 36.4 Å². The van der Waals surface area contributed by atoms with Crippen LogP contribution in [0.25, 0.3) is 0 Å². The fourth-order valence-corrected chi connectivity index (χ4v) is 1.46. The van der Waals surface area contributed by atoms with Crippen molar-refractivity contribution in [2.24, 2.45) is 0 Å². The van der Waals surface area contributed by atoms with Crippen molar-refractivity contribution in [1.29, 1.82) is 0 Å². The van der Waals surface area contributed by atoms with E-state index in [1.54, 1.807) is 13.1 Å². The molecule has 4 heteroatoms. The lowest BCUT2D eigenvalue weighted by Crippen LogP contribution is -2.11. The van der Waals surface area contributed by atoms with Crippen LogP contribution in [0, 0.1) is 0 Å². The van der Waals surface area contributed by atoms with Gasteiger partial charge in [0.05, 0.1) is 5.56 Å². The maximum Gasteiger partial charge on any atom is 0.416 e. The Morgan fingerprint density at radius 1 is 1.38 bits per heavy atom. The maximum atomic E-state index is 12.4. The van der Waals surface area contributed by atoms with E-state index in [9.17, 15) is 13.2 Å². The number of hydrogen-bond donors (Lipinski definition) is 1. The zero-order chi connectivity index (χ0) is 12.2. The van der Waals surface area contributed by atoms with Gasteiger partial charge in [-0.15, -0.1) is 0 Å². The standard InChI is InChI=1S/C12H14F3N/c1-9(8-16-2)6-10-4-3-5-11(7-10)12(13,14)15/h3-5,7,16H,1,6,8H2,2H3. The zero-order valence-corrected chi connectivity index (χ0v) is 9.06. The monoisotopic (exact) mass is 229 g/mol. The minimum absolute atomic E-state index is 0.463. The normalized spacial score (nSPS) is 11.5. The van der Waals surface area contributed by atoms with E-state index < -0.39 is 11.7 Å². The van der Waals surface area contributed by atoms with Gasteiger partial charge in [0.1, 0.15) is 0 Å². The minimum atomic E-state index is -4.28. The van der Waals surface area contributed by atoms with E-state index in [-0.39, 0.29) is 0 Å². The molecule has 0 unspecified atom stereocenters. The molecule has 0 heterocycles. The molecule has 88 valence electrons. The molecule has 0 aromatic heterocycles. The van der Waals surface area contributed by atoms with Crippen LogP contribution in [-0.4, -0.2) is 13.6 Å². The highest BCUT2D eigenvalue weighted by atomic mass is 19.4. The van der Waals surface area contributed by atoms with Crippen molar-refractivity contribution < 1.29 is 13.2 Å². The van der Waals surface area contributed by atoms with Gasteiger partial charge in [0.15, 0.2) is 0 Å². The van der Waals surface area contributed by atoms with E-state index in [2.05, 4.69) is 11.9 Å². The largest absolute Gasteiger partial charge is 0.416 e. The van der Waals surface area contributed by atoms with Gasteiger partial charge < -0.3 is 5.32 Å². The Kier molecular flexibility index (Phi) is 4.12. The van der Waals surface area contributed by atoms with Crippen molar-refractivity contribution in [3.05, 3.63) is 47.5 Å². The van der Waals surface area contributed by atoms with Crippen LogP contribution in [0.1, 0.15) is 11.1 Å². The molecule has 0 bridgehead atoms. The second-order valence-corrected chi connectivity index (χ2v) is 3.66. The molecule has 0 saturated carbocycles. The summed E-state index contributed by atoms with van der Waals surface area (Å²) in [6.07, 6.45) is -3.81. The molecule has 0 amide bonds. The molecule has 1 aromatic carbocycles. The summed E-state index contributed by atoms with van der Waals surface area (Å²) in [5.74, 6) is 0. The molecule has 0 aliphatic carbocycles. The molecule has 0 saturated heterocycles. The third kappa shape index (κ3) is 3.70. The van der Waals surface area contributed by atoms with Crippen LogP contribution < -0.4 is 5.32 Å². The van der Waals surface area contributed by atoms with Gasteiger partial charge in [-0.1, -0.05) is 30.4 Å². The van der Waals surface area contributed by atoms with Crippen molar-refractivity contribution in [3.63, 3.8) is 0 Å². The van der Waals surface area contributed by atoms with Crippen molar-refractivity contribution in [2.75, 3.05) is 13.6 Å². The van der Waals surface area contributed by atoms with Crippen LogP contribution in [0.3, 0.4) is 0 Å². The lowest BCUT2D eigenvalue weighted by Gasteiger charge is -2.09. The molecule has 1 N–H and O–H groups in total. The first-order valence-corrected chi connectivity index (χ1v) is 4.91. The smallest absolute Gasteiger partial charge is 0.316 e. The predicted molar refractivity (Wildman–Crippen MR) is 58.2 cm³/mol. The fourth-order valence-electron chi connectivity index (χ4n) is 1.46. The Labute approximate surface area is 93.0 Å². The lowest BCUT2D eigenvalue weighted by molar-refractivity contribution is -0.137. The van der Waals surface area contributed by atoms with E-state index in [4.69, 9.17) is 0 Å². The topological polar surface area (TPSA) is 12.0 Å². The average Bonchev–Trinajstić information content (AvgIpc) is 2.17. The molecule has 16 heavy (non-hydrogen) atoms.